The lowest BCUT2D eigenvalue weighted by atomic mass is 10.2. The van der Waals surface area contributed by atoms with Gasteiger partial charge in [0, 0.05) is 12.1 Å². The van der Waals surface area contributed by atoms with Crippen molar-refractivity contribution in [2.45, 2.75) is 6.54 Å². The van der Waals surface area contributed by atoms with Gasteiger partial charge in [-0.2, -0.15) is 0 Å². The molecule has 0 aliphatic rings. The van der Waals surface area contributed by atoms with E-state index in [0.717, 1.165) is 5.56 Å². The second kappa shape index (κ2) is 5.78. The topological polar surface area (TPSA) is 100 Å². The first-order valence-corrected chi connectivity index (χ1v) is 6.23. The van der Waals surface area contributed by atoms with Gasteiger partial charge in [0.15, 0.2) is 0 Å². The number of halogens is 1. The molecule has 2 rings (SSSR count). The highest BCUT2D eigenvalue weighted by Crippen LogP contribution is 2.18. The molecule has 2 aromatic rings. The molecule has 0 radical (unpaired) electrons. The number of ether oxygens (including phenoxy) is 1. The molecule has 0 unspecified atom stereocenters. The van der Waals surface area contributed by atoms with E-state index in [9.17, 15) is 14.9 Å². The highest BCUT2D eigenvalue weighted by Gasteiger charge is 2.18. The average Bonchev–Trinajstić information content (AvgIpc) is 2.80. The number of benzene rings is 1. The van der Waals surface area contributed by atoms with Gasteiger partial charge in [0.05, 0.1) is 18.6 Å². The Balaban J connectivity index is 2.20. The van der Waals surface area contributed by atoms with E-state index in [1.807, 2.05) is 0 Å². The lowest BCUT2D eigenvalue weighted by molar-refractivity contribution is -0.384. The van der Waals surface area contributed by atoms with E-state index in [2.05, 4.69) is 31.0 Å². The first kappa shape index (κ1) is 14.1. The van der Waals surface area contributed by atoms with Crippen LogP contribution in [0.4, 0.5) is 5.69 Å². The van der Waals surface area contributed by atoms with Gasteiger partial charge in [-0.25, -0.2) is 9.48 Å². The van der Waals surface area contributed by atoms with Crippen LogP contribution < -0.4 is 0 Å². The molecule has 0 amide bonds. The summed E-state index contributed by atoms with van der Waals surface area (Å²) < 4.78 is 6.41. The molecule has 0 fully saturated rings. The van der Waals surface area contributed by atoms with Crippen LogP contribution in [0.15, 0.2) is 28.9 Å². The Bertz CT molecular complexity index is 653. The molecule has 1 heterocycles. The van der Waals surface area contributed by atoms with Crippen LogP contribution in [0, 0.1) is 10.1 Å². The number of esters is 1. The Morgan fingerprint density at radius 3 is 2.65 bits per heavy atom. The highest BCUT2D eigenvalue weighted by atomic mass is 79.9. The Labute approximate surface area is 121 Å². The molecule has 0 spiro atoms. The number of non-ortho nitro benzene ring substituents is 1. The zero-order valence-corrected chi connectivity index (χ0v) is 11.9. The molecule has 0 bridgehead atoms. The predicted octanol–water partition coefficient (Wildman–Crippen LogP) is 1.78. The predicted molar refractivity (Wildman–Crippen MR) is 71.3 cm³/mol. The van der Waals surface area contributed by atoms with Gasteiger partial charge in [0.1, 0.15) is 4.60 Å². The molecule has 8 nitrogen and oxygen atoms in total. The monoisotopic (exact) mass is 340 g/mol. The van der Waals surface area contributed by atoms with Crippen molar-refractivity contribution >= 4 is 27.6 Å². The second-order valence-electron chi connectivity index (χ2n) is 3.80. The molecule has 0 N–H and O–H groups in total. The van der Waals surface area contributed by atoms with Crippen molar-refractivity contribution in [3.63, 3.8) is 0 Å². The number of hydrogen-bond donors (Lipinski definition) is 0. The maximum atomic E-state index is 11.4. The van der Waals surface area contributed by atoms with Crippen LogP contribution in [-0.4, -0.2) is 33.0 Å². The van der Waals surface area contributed by atoms with Gasteiger partial charge in [0.25, 0.3) is 5.69 Å². The van der Waals surface area contributed by atoms with Gasteiger partial charge < -0.3 is 4.74 Å². The molecule has 20 heavy (non-hydrogen) atoms. The van der Waals surface area contributed by atoms with E-state index in [-0.39, 0.29) is 11.4 Å². The number of methoxy groups -OCH3 is 1. The van der Waals surface area contributed by atoms with Crippen LogP contribution in [-0.2, 0) is 11.3 Å². The fourth-order valence-corrected chi connectivity index (χ4v) is 1.96. The number of nitrogens with zero attached hydrogens (tertiary/aromatic N) is 4. The van der Waals surface area contributed by atoms with Crippen LogP contribution in [0.1, 0.15) is 16.1 Å². The Morgan fingerprint density at radius 2 is 2.10 bits per heavy atom. The largest absolute Gasteiger partial charge is 0.464 e. The van der Waals surface area contributed by atoms with Gasteiger partial charge in [-0.05, 0) is 21.5 Å². The van der Waals surface area contributed by atoms with Crippen molar-refractivity contribution in [3.8, 4) is 0 Å². The Kier molecular flexibility index (Phi) is 4.08. The second-order valence-corrected chi connectivity index (χ2v) is 4.55. The van der Waals surface area contributed by atoms with E-state index in [4.69, 9.17) is 0 Å². The summed E-state index contributed by atoms with van der Waals surface area (Å²) in [5.41, 5.74) is 0.883. The summed E-state index contributed by atoms with van der Waals surface area (Å²) in [6, 6.07) is 6.04. The lowest BCUT2D eigenvalue weighted by Crippen LogP contribution is -2.05. The fourth-order valence-electron chi connectivity index (χ4n) is 1.52. The van der Waals surface area contributed by atoms with Crippen molar-refractivity contribution in [1.29, 1.82) is 0 Å². The number of rotatable bonds is 4. The van der Waals surface area contributed by atoms with Crippen LogP contribution in [0.25, 0.3) is 0 Å². The van der Waals surface area contributed by atoms with Gasteiger partial charge in [0.2, 0.25) is 5.69 Å². The van der Waals surface area contributed by atoms with Crippen molar-refractivity contribution in [1.82, 2.24) is 15.0 Å². The summed E-state index contributed by atoms with van der Waals surface area (Å²) in [7, 11) is 1.25. The number of hydrogen-bond acceptors (Lipinski definition) is 6. The normalized spacial score (nSPS) is 10.3. The fraction of sp³-hybridized carbons (Fsp3) is 0.182. The van der Waals surface area contributed by atoms with Crippen molar-refractivity contribution in [2.24, 2.45) is 0 Å². The molecular weight excluding hydrogens is 332 g/mol. The first-order valence-electron chi connectivity index (χ1n) is 5.43. The number of carbonyl (C=O) groups excluding carboxylic acids is 1. The number of carbonyl (C=O) groups is 1. The Hall–Kier alpha value is -2.29. The third-order valence-electron chi connectivity index (χ3n) is 2.53. The van der Waals surface area contributed by atoms with E-state index < -0.39 is 10.9 Å². The zero-order valence-electron chi connectivity index (χ0n) is 10.3. The minimum Gasteiger partial charge on any atom is -0.464 e. The first-order chi connectivity index (χ1) is 9.52. The molecule has 0 saturated heterocycles. The lowest BCUT2D eigenvalue weighted by Gasteiger charge is -2.02. The molecule has 0 atom stereocenters. The maximum Gasteiger partial charge on any atom is 0.361 e. The third kappa shape index (κ3) is 2.82. The molecule has 0 saturated carbocycles. The van der Waals surface area contributed by atoms with E-state index in [1.54, 1.807) is 12.1 Å². The third-order valence-corrected chi connectivity index (χ3v) is 3.32. The summed E-state index contributed by atoms with van der Waals surface area (Å²) in [6.07, 6.45) is 0. The van der Waals surface area contributed by atoms with Crippen LogP contribution in [0.2, 0.25) is 0 Å². The number of nitro benzene ring substituents is 1. The van der Waals surface area contributed by atoms with Gasteiger partial charge in [-0.15, -0.1) is 5.10 Å². The summed E-state index contributed by atoms with van der Waals surface area (Å²) in [5, 5.41) is 18.1. The summed E-state index contributed by atoms with van der Waals surface area (Å²) >= 11 is 3.22. The maximum absolute atomic E-state index is 11.4. The van der Waals surface area contributed by atoms with Crippen LogP contribution >= 0.6 is 15.9 Å². The average molecular weight is 341 g/mol. The molecule has 1 aromatic carbocycles. The summed E-state index contributed by atoms with van der Waals surface area (Å²) in [5.74, 6) is -0.591. The Morgan fingerprint density at radius 1 is 1.45 bits per heavy atom. The molecule has 1 aromatic heterocycles. The molecular formula is C11H9BrN4O4. The minimum absolute atomic E-state index is 0.0154. The van der Waals surface area contributed by atoms with E-state index in [1.165, 1.54) is 23.9 Å². The molecule has 0 aliphatic carbocycles. The summed E-state index contributed by atoms with van der Waals surface area (Å²) in [6.45, 7) is 0.322. The smallest absolute Gasteiger partial charge is 0.361 e. The van der Waals surface area contributed by atoms with Crippen molar-refractivity contribution in [2.75, 3.05) is 7.11 Å². The minimum atomic E-state index is -0.591. The van der Waals surface area contributed by atoms with Crippen molar-refractivity contribution in [3.05, 3.63) is 50.2 Å². The molecule has 0 aliphatic heterocycles. The standard InChI is InChI=1S/C11H9BrN4O4/c1-20-11(17)9-10(12)15(14-13-9)6-7-2-4-8(5-3-7)16(18)19/h2-5H,6H2,1H3. The van der Waals surface area contributed by atoms with Crippen molar-refractivity contribution < 1.29 is 14.5 Å². The SMILES string of the molecule is COC(=O)c1nnn(Cc2ccc([N+](=O)[O-])cc2)c1Br. The molecule has 9 heteroatoms. The van der Waals surface area contributed by atoms with Gasteiger partial charge in [-0.1, -0.05) is 17.3 Å². The number of aromatic nitrogens is 3. The van der Waals surface area contributed by atoms with Gasteiger partial charge in [-0.3, -0.25) is 10.1 Å². The number of nitro groups is 1. The van der Waals surface area contributed by atoms with Crippen LogP contribution in [0.3, 0.4) is 0 Å². The highest BCUT2D eigenvalue weighted by molar-refractivity contribution is 9.10. The quantitative estimate of drug-likeness (QED) is 0.477. The summed E-state index contributed by atoms with van der Waals surface area (Å²) in [4.78, 5) is 21.5. The zero-order chi connectivity index (χ0) is 14.7. The van der Waals surface area contributed by atoms with Gasteiger partial charge >= 0.3 is 5.97 Å². The van der Waals surface area contributed by atoms with E-state index >= 15 is 0 Å². The molecule has 104 valence electrons. The van der Waals surface area contributed by atoms with E-state index in [0.29, 0.717) is 11.1 Å². The van der Waals surface area contributed by atoms with Crippen LogP contribution in [0.5, 0.6) is 0 Å².